The van der Waals surface area contributed by atoms with Crippen molar-refractivity contribution in [3.8, 4) is 11.5 Å². The Morgan fingerprint density at radius 3 is 2.79 bits per heavy atom. The zero-order chi connectivity index (χ0) is 19.7. The van der Waals surface area contributed by atoms with Crippen LogP contribution in [0.15, 0.2) is 47.5 Å². The van der Waals surface area contributed by atoms with Crippen molar-refractivity contribution >= 4 is 21.9 Å². The number of ether oxygens (including phenoxy) is 2. The van der Waals surface area contributed by atoms with Crippen LogP contribution in [0.5, 0.6) is 11.5 Å². The fourth-order valence-electron chi connectivity index (χ4n) is 3.46. The molecule has 2 aromatic carbocycles. The van der Waals surface area contributed by atoms with Gasteiger partial charge in [0.1, 0.15) is 11.0 Å². The van der Waals surface area contributed by atoms with E-state index in [1.165, 1.54) is 0 Å². The Bertz CT molecular complexity index is 1210. The van der Waals surface area contributed by atoms with E-state index in [-0.39, 0.29) is 5.56 Å². The van der Waals surface area contributed by atoms with Crippen LogP contribution < -0.4 is 15.0 Å². The first-order chi connectivity index (χ1) is 13.6. The van der Waals surface area contributed by atoms with Gasteiger partial charge in [-0.1, -0.05) is 17.7 Å². The van der Waals surface area contributed by atoms with Gasteiger partial charge >= 0.3 is 0 Å². The number of hydrogen-bond acceptors (Lipinski definition) is 4. The number of hydrogen-bond donors (Lipinski definition) is 1. The summed E-state index contributed by atoms with van der Waals surface area (Å²) in [7, 11) is 1.62. The van der Waals surface area contributed by atoms with Gasteiger partial charge < -0.3 is 14.5 Å². The molecule has 0 atom stereocenters. The Hall–Kier alpha value is -3.28. The van der Waals surface area contributed by atoms with Gasteiger partial charge in [-0.15, -0.1) is 0 Å². The first-order valence-corrected chi connectivity index (χ1v) is 9.38. The number of fused-ring (bicyclic) bond motifs is 3. The van der Waals surface area contributed by atoms with E-state index in [0.717, 1.165) is 33.3 Å². The van der Waals surface area contributed by atoms with Gasteiger partial charge in [0.25, 0.3) is 5.56 Å². The highest BCUT2D eigenvalue weighted by Crippen LogP contribution is 2.28. The lowest BCUT2D eigenvalue weighted by atomic mass is 10.1. The van der Waals surface area contributed by atoms with Crippen molar-refractivity contribution in [2.24, 2.45) is 0 Å². The quantitative estimate of drug-likeness (QED) is 0.554. The SMILES string of the molecule is CCOc1cc(CCn2cnc3c([nH]c4ccc(C)cc43)c2=O)ccc1OC. The van der Waals surface area contributed by atoms with E-state index in [4.69, 9.17) is 9.47 Å². The van der Waals surface area contributed by atoms with E-state index >= 15 is 0 Å². The van der Waals surface area contributed by atoms with Gasteiger partial charge in [0.15, 0.2) is 11.5 Å². The Labute approximate surface area is 162 Å². The molecule has 0 saturated heterocycles. The predicted molar refractivity (Wildman–Crippen MR) is 110 cm³/mol. The molecule has 0 aliphatic carbocycles. The number of nitrogens with one attached hydrogen (secondary N) is 1. The highest BCUT2D eigenvalue weighted by Gasteiger charge is 2.11. The second kappa shape index (κ2) is 7.38. The minimum Gasteiger partial charge on any atom is -0.493 e. The van der Waals surface area contributed by atoms with Crippen molar-refractivity contribution in [3.05, 3.63) is 64.2 Å². The molecule has 6 heteroatoms. The van der Waals surface area contributed by atoms with Crippen LogP contribution in [0.1, 0.15) is 18.1 Å². The largest absolute Gasteiger partial charge is 0.493 e. The summed E-state index contributed by atoms with van der Waals surface area (Å²) in [5.74, 6) is 1.42. The topological polar surface area (TPSA) is 69.1 Å². The van der Waals surface area contributed by atoms with Crippen molar-refractivity contribution in [2.75, 3.05) is 13.7 Å². The molecule has 0 bridgehead atoms. The smallest absolute Gasteiger partial charge is 0.277 e. The maximum atomic E-state index is 12.9. The number of H-pyrrole nitrogens is 1. The zero-order valence-corrected chi connectivity index (χ0v) is 16.3. The summed E-state index contributed by atoms with van der Waals surface area (Å²) < 4.78 is 12.6. The van der Waals surface area contributed by atoms with Crippen molar-refractivity contribution in [2.45, 2.75) is 26.8 Å². The molecule has 0 amide bonds. The van der Waals surface area contributed by atoms with Crippen molar-refractivity contribution in [1.82, 2.24) is 14.5 Å². The van der Waals surface area contributed by atoms with Crippen LogP contribution in [-0.2, 0) is 13.0 Å². The van der Waals surface area contributed by atoms with E-state index in [1.54, 1.807) is 18.0 Å². The van der Waals surface area contributed by atoms with Crippen LogP contribution in [0.4, 0.5) is 0 Å². The lowest BCUT2D eigenvalue weighted by Gasteiger charge is -2.11. The number of benzene rings is 2. The van der Waals surface area contributed by atoms with Crippen LogP contribution in [0, 0.1) is 6.92 Å². The van der Waals surface area contributed by atoms with Crippen LogP contribution >= 0.6 is 0 Å². The van der Waals surface area contributed by atoms with Gasteiger partial charge in [0.05, 0.1) is 20.0 Å². The summed E-state index contributed by atoms with van der Waals surface area (Å²) in [4.78, 5) is 20.7. The summed E-state index contributed by atoms with van der Waals surface area (Å²) in [6.07, 6.45) is 2.32. The molecule has 2 heterocycles. The van der Waals surface area contributed by atoms with E-state index in [1.807, 2.05) is 44.2 Å². The Balaban J connectivity index is 1.63. The Morgan fingerprint density at radius 2 is 2.00 bits per heavy atom. The molecule has 144 valence electrons. The molecule has 0 aliphatic heterocycles. The van der Waals surface area contributed by atoms with Gasteiger partial charge in [-0.3, -0.25) is 9.36 Å². The van der Waals surface area contributed by atoms with E-state index in [0.29, 0.717) is 30.8 Å². The van der Waals surface area contributed by atoms with Gasteiger partial charge in [0, 0.05) is 17.4 Å². The first-order valence-electron chi connectivity index (χ1n) is 9.38. The molecule has 1 N–H and O–H groups in total. The summed E-state index contributed by atoms with van der Waals surface area (Å²) in [6, 6.07) is 11.9. The number of aryl methyl sites for hydroxylation is 3. The molecule has 4 aromatic rings. The summed E-state index contributed by atoms with van der Waals surface area (Å²) >= 11 is 0. The third kappa shape index (κ3) is 3.22. The molecule has 28 heavy (non-hydrogen) atoms. The van der Waals surface area contributed by atoms with E-state index < -0.39 is 0 Å². The van der Waals surface area contributed by atoms with Crippen LogP contribution in [0.25, 0.3) is 21.9 Å². The first kappa shape index (κ1) is 18.1. The van der Waals surface area contributed by atoms with E-state index in [9.17, 15) is 4.79 Å². The minimum absolute atomic E-state index is 0.0580. The molecular formula is C22H23N3O3. The predicted octanol–water partition coefficient (Wildman–Crippen LogP) is 3.84. The maximum absolute atomic E-state index is 12.9. The van der Waals surface area contributed by atoms with Crippen molar-refractivity contribution in [1.29, 1.82) is 0 Å². The highest BCUT2D eigenvalue weighted by molar-refractivity contribution is 6.04. The van der Waals surface area contributed by atoms with Crippen molar-refractivity contribution < 1.29 is 9.47 Å². The van der Waals surface area contributed by atoms with Crippen LogP contribution in [0.2, 0.25) is 0 Å². The van der Waals surface area contributed by atoms with Gasteiger partial charge in [0.2, 0.25) is 0 Å². The van der Waals surface area contributed by atoms with Gasteiger partial charge in [-0.2, -0.15) is 0 Å². The normalized spacial score (nSPS) is 11.2. The van der Waals surface area contributed by atoms with Crippen LogP contribution in [-0.4, -0.2) is 28.3 Å². The third-order valence-corrected chi connectivity index (χ3v) is 4.90. The Kier molecular flexibility index (Phi) is 4.77. The number of nitrogens with zero attached hydrogens (tertiary/aromatic N) is 2. The van der Waals surface area contributed by atoms with Crippen molar-refractivity contribution in [3.63, 3.8) is 0 Å². The molecule has 6 nitrogen and oxygen atoms in total. The minimum atomic E-state index is -0.0580. The number of aromatic nitrogens is 3. The fraction of sp³-hybridized carbons (Fsp3) is 0.273. The average Bonchev–Trinajstić information content (AvgIpc) is 3.07. The fourth-order valence-corrected chi connectivity index (χ4v) is 3.46. The summed E-state index contributed by atoms with van der Waals surface area (Å²) in [6.45, 7) is 5.08. The third-order valence-electron chi connectivity index (χ3n) is 4.90. The number of rotatable bonds is 6. The molecule has 0 unspecified atom stereocenters. The lowest BCUT2D eigenvalue weighted by molar-refractivity contribution is 0.310. The molecule has 0 aliphatic rings. The van der Waals surface area contributed by atoms with Crippen LogP contribution in [0.3, 0.4) is 0 Å². The summed E-state index contributed by atoms with van der Waals surface area (Å²) in [5.41, 5.74) is 4.36. The molecular weight excluding hydrogens is 354 g/mol. The molecule has 2 aromatic heterocycles. The number of aromatic amines is 1. The second-order valence-electron chi connectivity index (χ2n) is 6.81. The summed E-state index contributed by atoms with van der Waals surface area (Å²) in [5, 5.41) is 0.982. The van der Waals surface area contributed by atoms with Gasteiger partial charge in [-0.25, -0.2) is 4.98 Å². The zero-order valence-electron chi connectivity index (χ0n) is 16.3. The molecule has 0 spiro atoms. The second-order valence-corrected chi connectivity index (χ2v) is 6.81. The van der Waals surface area contributed by atoms with Gasteiger partial charge in [-0.05, 0) is 50.1 Å². The van der Waals surface area contributed by atoms with E-state index in [2.05, 4.69) is 16.0 Å². The molecule has 0 fully saturated rings. The molecule has 4 rings (SSSR count). The monoisotopic (exact) mass is 377 g/mol. The highest BCUT2D eigenvalue weighted by atomic mass is 16.5. The maximum Gasteiger partial charge on any atom is 0.277 e. The Morgan fingerprint density at radius 1 is 1.14 bits per heavy atom. The standard InChI is InChI=1S/C22H23N3O3/c1-4-28-19-12-15(6-8-18(19)27-3)9-10-25-13-23-20-16-11-14(2)5-7-17(16)24-21(20)22(25)26/h5-8,11-13,24H,4,9-10H2,1-3H3. The average molecular weight is 377 g/mol. The lowest BCUT2D eigenvalue weighted by Crippen LogP contribution is -2.21. The molecule has 0 radical (unpaired) electrons. The molecule has 0 saturated carbocycles. The number of methoxy groups -OCH3 is 1.